The van der Waals surface area contributed by atoms with Gasteiger partial charge in [0, 0.05) is 11.4 Å². The highest BCUT2D eigenvalue weighted by molar-refractivity contribution is 7.99. The van der Waals surface area contributed by atoms with E-state index in [-0.39, 0.29) is 5.82 Å². The molecule has 12 heavy (non-hydrogen) atoms. The Kier molecular flexibility index (Phi) is 3.56. The van der Waals surface area contributed by atoms with Gasteiger partial charge in [-0.05, 0) is 29.5 Å². The largest absolute Gasteiger partial charge is 0.326 e. The van der Waals surface area contributed by atoms with E-state index >= 15 is 0 Å². The van der Waals surface area contributed by atoms with Gasteiger partial charge in [-0.25, -0.2) is 4.39 Å². The van der Waals surface area contributed by atoms with Gasteiger partial charge < -0.3 is 5.73 Å². The Labute approximate surface area is 76.2 Å². The fourth-order valence-corrected chi connectivity index (χ4v) is 1.75. The van der Waals surface area contributed by atoms with Gasteiger partial charge >= 0.3 is 0 Å². The van der Waals surface area contributed by atoms with Crippen LogP contribution in [0.4, 0.5) is 4.39 Å². The topological polar surface area (TPSA) is 26.0 Å². The molecule has 1 aromatic carbocycles. The van der Waals surface area contributed by atoms with Crippen LogP contribution in [0.15, 0.2) is 23.1 Å². The Morgan fingerprint density at radius 3 is 2.75 bits per heavy atom. The molecule has 0 unspecified atom stereocenters. The third kappa shape index (κ3) is 2.50. The molecular weight excluding hydrogens is 173 g/mol. The number of thioether (sulfide) groups is 1. The van der Waals surface area contributed by atoms with Crippen molar-refractivity contribution in [2.75, 3.05) is 5.75 Å². The van der Waals surface area contributed by atoms with Crippen LogP contribution >= 0.6 is 11.8 Å². The molecule has 0 atom stereocenters. The zero-order chi connectivity index (χ0) is 8.97. The van der Waals surface area contributed by atoms with Crippen molar-refractivity contribution in [1.29, 1.82) is 0 Å². The van der Waals surface area contributed by atoms with Crippen LogP contribution in [-0.4, -0.2) is 5.75 Å². The van der Waals surface area contributed by atoms with Gasteiger partial charge in [0.1, 0.15) is 5.82 Å². The molecule has 0 aliphatic rings. The van der Waals surface area contributed by atoms with Crippen LogP contribution in [-0.2, 0) is 6.54 Å². The van der Waals surface area contributed by atoms with E-state index in [2.05, 4.69) is 0 Å². The summed E-state index contributed by atoms with van der Waals surface area (Å²) < 4.78 is 12.9. The van der Waals surface area contributed by atoms with Crippen LogP contribution in [0.25, 0.3) is 0 Å². The molecule has 3 heteroatoms. The van der Waals surface area contributed by atoms with Gasteiger partial charge in [-0.1, -0.05) is 6.92 Å². The number of halogens is 1. The Hall–Kier alpha value is -0.540. The molecule has 0 spiro atoms. The molecule has 1 aromatic rings. The van der Waals surface area contributed by atoms with Crippen LogP contribution in [0.2, 0.25) is 0 Å². The summed E-state index contributed by atoms with van der Waals surface area (Å²) in [5.41, 5.74) is 6.26. The van der Waals surface area contributed by atoms with Gasteiger partial charge in [-0.3, -0.25) is 0 Å². The van der Waals surface area contributed by atoms with Gasteiger partial charge in [-0.15, -0.1) is 11.8 Å². The van der Waals surface area contributed by atoms with E-state index in [1.165, 1.54) is 12.1 Å². The van der Waals surface area contributed by atoms with Crippen LogP contribution in [0, 0.1) is 5.82 Å². The summed E-state index contributed by atoms with van der Waals surface area (Å²) in [4.78, 5) is 0.956. The first-order valence-electron chi connectivity index (χ1n) is 3.88. The molecule has 0 amide bonds. The Morgan fingerprint density at radius 2 is 2.17 bits per heavy atom. The molecular formula is C9H12FNS. The fraction of sp³-hybridized carbons (Fsp3) is 0.333. The predicted molar refractivity (Wildman–Crippen MR) is 50.7 cm³/mol. The molecule has 0 radical (unpaired) electrons. The molecule has 0 aromatic heterocycles. The predicted octanol–water partition coefficient (Wildman–Crippen LogP) is 2.40. The fourth-order valence-electron chi connectivity index (χ4n) is 0.989. The van der Waals surface area contributed by atoms with Crippen molar-refractivity contribution in [1.82, 2.24) is 0 Å². The van der Waals surface area contributed by atoms with E-state index in [9.17, 15) is 4.39 Å². The first-order chi connectivity index (χ1) is 5.76. The maximum Gasteiger partial charge on any atom is 0.124 e. The van der Waals surface area contributed by atoms with Gasteiger partial charge in [0.05, 0.1) is 0 Å². The van der Waals surface area contributed by atoms with Crippen LogP contribution < -0.4 is 5.73 Å². The molecule has 0 saturated carbocycles. The quantitative estimate of drug-likeness (QED) is 0.732. The van der Waals surface area contributed by atoms with Crippen molar-refractivity contribution in [3.8, 4) is 0 Å². The average molecular weight is 185 g/mol. The minimum absolute atomic E-state index is 0.200. The molecule has 0 fully saturated rings. The van der Waals surface area contributed by atoms with E-state index in [1.807, 2.05) is 13.0 Å². The van der Waals surface area contributed by atoms with Crippen molar-refractivity contribution >= 4 is 11.8 Å². The van der Waals surface area contributed by atoms with Crippen molar-refractivity contribution in [3.63, 3.8) is 0 Å². The van der Waals surface area contributed by atoms with Crippen LogP contribution in [0.3, 0.4) is 0 Å². The van der Waals surface area contributed by atoms with E-state index in [4.69, 9.17) is 5.73 Å². The van der Waals surface area contributed by atoms with E-state index in [1.54, 1.807) is 11.8 Å². The van der Waals surface area contributed by atoms with Crippen LogP contribution in [0.5, 0.6) is 0 Å². The molecule has 1 rings (SSSR count). The summed E-state index contributed by atoms with van der Waals surface area (Å²) in [6.07, 6.45) is 0. The number of hydrogen-bond donors (Lipinski definition) is 1. The second kappa shape index (κ2) is 4.48. The highest BCUT2D eigenvalue weighted by atomic mass is 32.2. The maximum atomic E-state index is 12.9. The minimum Gasteiger partial charge on any atom is -0.326 e. The lowest BCUT2D eigenvalue weighted by Crippen LogP contribution is -1.97. The smallest absolute Gasteiger partial charge is 0.124 e. The Balaban J connectivity index is 2.90. The van der Waals surface area contributed by atoms with Crippen molar-refractivity contribution in [3.05, 3.63) is 29.6 Å². The molecule has 66 valence electrons. The lowest BCUT2D eigenvalue weighted by atomic mass is 10.2. The van der Waals surface area contributed by atoms with Crippen molar-refractivity contribution < 1.29 is 4.39 Å². The monoisotopic (exact) mass is 185 g/mol. The Bertz CT molecular complexity index is 263. The van der Waals surface area contributed by atoms with Crippen molar-refractivity contribution in [2.24, 2.45) is 5.73 Å². The lowest BCUT2D eigenvalue weighted by molar-refractivity contribution is 0.621. The minimum atomic E-state index is -0.200. The number of nitrogens with two attached hydrogens (primary N) is 1. The molecule has 0 heterocycles. The SMILES string of the molecule is CCSc1cc(F)cc(CN)c1. The first-order valence-corrected chi connectivity index (χ1v) is 4.87. The third-order valence-corrected chi connectivity index (χ3v) is 2.34. The number of hydrogen-bond acceptors (Lipinski definition) is 2. The summed E-state index contributed by atoms with van der Waals surface area (Å²) in [6, 6.07) is 4.93. The normalized spacial score (nSPS) is 10.2. The summed E-state index contributed by atoms with van der Waals surface area (Å²) >= 11 is 1.62. The number of benzene rings is 1. The number of rotatable bonds is 3. The second-order valence-electron chi connectivity index (χ2n) is 2.43. The summed E-state index contributed by atoms with van der Waals surface area (Å²) in [5.74, 6) is 0.752. The van der Waals surface area contributed by atoms with E-state index in [0.717, 1.165) is 16.2 Å². The van der Waals surface area contributed by atoms with Crippen LogP contribution in [0.1, 0.15) is 12.5 Å². The molecule has 1 nitrogen and oxygen atoms in total. The maximum absolute atomic E-state index is 12.9. The third-order valence-electron chi connectivity index (χ3n) is 1.48. The molecule has 2 N–H and O–H groups in total. The molecule has 0 aliphatic carbocycles. The molecule has 0 saturated heterocycles. The average Bonchev–Trinajstić information content (AvgIpc) is 2.04. The van der Waals surface area contributed by atoms with E-state index < -0.39 is 0 Å². The van der Waals surface area contributed by atoms with Gasteiger partial charge in [-0.2, -0.15) is 0 Å². The van der Waals surface area contributed by atoms with E-state index in [0.29, 0.717) is 6.54 Å². The van der Waals surface area contributed by atoms with Gasteiger partial charge in [0.15, 0.2) is 0 Å². The second-order valence-corrected chi connectivity index (χ2v) is 3.77. The summed E-state index contributed by atoms with van der Waals surface area (Å²) in [5, 5.41) is 0. The first kappa shape index (κ1) is 9.55. The van der Waals surface area contributed by atoms with Gasteiger partial charge in [0.2, 0.25) is 0 Å². The zero-order valence-electron chi connectivity index (χ0n) is 7.01. The zero-order valence-corrected chi connectivity index (χ0v) is 7.83. The standard InChI is InChI=1S/C9H12FNS/c1-2-12-9-4-7(6-11)3-8(10)5-9/h3-5H,2,6,11H2,1H3. The highest BCUT2D eigenvalue weighted by Gasteiger charge is 1.98. The Morgan fingerprint density at radius 1 is 1.42 bits per heavy atom. The summed E-state index contributed by atoms with van der Waals surface area (Å²) in [6.45, 7) is 2.44. The van der Waals surface area contributed by atoms with Gasteiger partial charge in [0.25, 0.3) is 0 Å². The molecule has 0 aliphatic heterocycles. The van der Waals surface area contributed by atoms with Crippen molar-refractivity contribution in [2.45, 2.75) is 18.4 Å². The molecule has 0 bridgehead atoms. The highest BCUT2D eigenvalue weighted by Crippen LogP contribution is 2.20. The summed E-state index contributed by atoms with van der Waals surface area (Å²) in [7, 11) is 0. The lowest BCUT2D eigenvalue weighted by Gasteiger charge is -2.02.